The van der Waals surface area contributed by atoms with Gasteiger partial charge in [0, 0.05) is 24.2 Å². The van der Waals surface area contributed by atoms with Crippen molar-refractivity contribution >= 4 is 5.91 Å². The van der Waals surface area contributed by atoms with Crippen LogP contribution < -0.4 is 9.47 Å². The standard InChI is InChI=1S/C20H25N3O3/c1-25-17-14-18(26-2)22-19(21-17)15-8-10-16(11-9-15)20(24)23-12-6-4-3-5-7-13-23/h8-11,14H,3-7,12-13H2,1-2H3. The summed E-state index contributed by atoms with van der Waals surface area (Å²) in [5, 5.41) is 0. The zero-order valence-electron chi connectivity index (χ0n) is 15.4. The second-order valence-electron chi connectivity index (χ2n) is 6.41. The van der Waals surface area contributed by atoms with Crippen molar-refractivity contribution in [3.8, 4) is 23.1 Å². The number of aromatic nitrogens is 2. The average Bonchev–Trinajstić information content (AvgIpc) is 2.67. The van der Waals surface area contributed by atoms with Crippen molar-refractivity contribution in [3.63, 3.8) is 0 Å². The van der Waals surface area contributed by atoms with Crippen molar-refractivity contribution in [2.75, 3.05) is 27.3 Å². The van der Waals surface area contributed by atoms with Crippen LogP contribution in [0.3, 0.4) is 0 Å². The molecule has 1 amide bonds. The molecule has 0 radical (unpaired) electrons. The Morgan fingerprint density at radius 3 is 1.96 bits per heavy atom. The van der Waals surface area contributed by atoms with E-state index < -0.39 is 0 Å². The van der Waals surface area contributed by atoms with E-state index in [1.807, 2.05) is 29.2 Å². The van der Waals surface area contributed by atoms with E-state index in [0.29, 0.717) is 23.1 Å². The van der Waals surface area contributed by atoms with Gasteiger partial charge in [0.05, 0.1) is 20.3 Å². The topological polar surface area (TPSA) is 64.6 Å². The maximum absolute atomic E-state index is 12.8. The minimum Gasteiger partial charge on any atom is -0.481 e. The summed E-state index contributed by atoms with van der Waals surface area (Å²) in [7, 11) is 3.10. The van der Waals surface area contributed by atoms with Gasteiger partial charge in [-0.05, 0) is 25.0 Å². The number of methoxy groups -OCH3 is 2. The summed E-state index contributed by atoms with van der Waals surface area (Å²) in [4.78, 5) is 23.4. The van der Waals surface area contributed by atoms with Crippen LogP contribution in [0, 0.1) is 0 Å². The molecular weight excluding hydrogens is 330 g/mol. The van der Waals surface area contributed by atoms with E-state index in [2.05, 4.69) is 9.97 Å². The van der Waals surface area contributed by atoms with E-state index in [4.69, 9.17) is 9.47 Å². The molecule has 138 valence electrons. The molecule has 6 nitrogen and oxygen atoms in total. The molecular formula is C20H25N3O3. The van der Waals surface area contributed by atoms with E-state index in [0.717, 1.165) is 31.5 Å². The van der Waals surface area contributed by atoms with Crippen LogP contribution in [0.1, 0.15) is 42.5 Å². The van der Waals surface area contributed by atoms with E-state index in [-0.39, 0.29) is 5.91 Å². The molecule has 3 rings (SSSR count). The third-order valence-electron chi connectivity index (χ3n) is 4.63. The SMILES string of the molecule is COc1cc(OC)nc(-c2ccc(C(=O)N3CCCCCCC3)cc2)n1. The minimum absolute atomic E-state index is 0.0996. The van der Waals surface area contributed by atoms with Crippen molar-refractivity contribution < 1.29 is 14.3 Å². The number of ether oxygens (including phenoxy) is 2. The Morgan fingerprint density at radius 2 is 1.42 bits per heavy atom. The van der Waals surface area contributed by atoms with Crippen molar-refractivity contribution in [3.05, 3.63) is 35.9 Å². The van der Waals surface area contributed by atoms with Crippen molar-refractivity contribution in [1.29, 1.82) is 0 Å². The number of hydrogen-bond acceptors (Lipinski definition) is 5. The highest BCUT2D eigenvalue weighted by Gasteiger charge is 2.17. The van der Waals surface area contributed by atoms with Gasteiger partial charge in [-0.25, -0.2) is 0 Å². The maximum Gasteiger partial charge on any atom is 0.253 e. The van der Waals surface area contributed by atoms with E-state index >= 15 is 0 Å². The minimum atomic E-state index is 0.0996. The van der Waals surface area contributed by atoms with Crippen LogP contribution in [-0.2, 0) is 0 Å². The first-order chi connectivity index (χ1) is 12.7. The fourth-order valence-corrected chi connectivity index (χ4v) is 3.14. The smallest absolute Gasteiger partial charge is 0.253 e. The molecule has 1 saturated heterocycles. The molecule has 2 heterocycles. The Kier molecular flexibility index (Phi) is 6.04. The van der Waals surface area contributed by atoms with Crippen LogP contribution >= 0.6 is 0 Å². The number of rotatable bonds is 4. The summed E-state index contributed by atoms with van der Waals surface area (Å²) in [6, 6.07) is 9.04. The number of benzene rings is 1. The first kappa shape index (κ1) is 18.2. The lowest BCUT2D eigenvalue weighted by Crippen LogP contribution is -2.33. The molecule has 1 aromatic heterocycles. The highest BCUT2D eigenvalue weighted by Crippen LogP contribution is 2.23. The molecule has 0 aliphatic carbocycles. The van der Waals surface area contributed by atoms with Gasteiger partial charge < -0.3 is 14.4 Å². The third kappa shape index (κ3) is 4.31. The Morgan fingerprint density at radius 1 is 0.885 bits per heavy atom. The Bertz CT molecular complexity index is 716. The molecule has 0 spiro atoms. The molecule has 0 atom stereocenters. The van der Waals surface area contributed by atoms with Crippen LogP contribution in [0.4, 0.5) is 0 Å². The Hall–Kier alpha value is -2.63. The lowest BCUT2D eigenvalue weighted by molar-refractivity contribution is 0.0742. The van der Waals surface area contributed by atoms with Gasteiger partial charge in [-0.2, -0.15) is 9.97 Å². The van der Waals surface area contributed by atoms with Gasteiger partial charge in [0.25, 0.3) is 5.91 Å². The van der Waals surface area contributed by atoms with Gasteiger partial charge >= 0.3 is 0 Å². The Labute approximate surface area is 154 Å². The van der Waals surface area contributed by atoms with Gasteiger partial charge in [-0.3, -0.25) is 4.79 Å². The predicted molar refractivity (Wildman–Crippen MR) is 99.6 cm³/mol. The summed E-state index contributed by atoms with van der Waals surface area (Å²) in [6.45, 7) is 1.69. The third-order valence-corrected chi connectivity index (χ3v) is 4.63. The van der Waals surface area contributed by atoms with E-state index in [1.165, 1.54) is 19.3 Å². The van der Waals surface area contributed by atoms with Crippen LogP contribution in [0.2, 0.25) is 0 Å². The average molecular weight is 355 g/mol. The van der Waals surface area contributed by atoms with Crippen LogP contribution in [0.15, 0.2) is 30.3 Å². The molecule has 1 aromatic carbocycles. The second kappa shape index (κ2) is 8.65. The molecule has 1 fully saturated rings. The quantitative estimate of drug-likeness (QED) is 0.839. The molecule has 6 heteroatoms. The van der Waals surface area contributed by atoms with Crippen LogP contribution in [0.25, 0.3) is 11.4 Å². The molecule has 0 N–H and O–H groups in total. The second-order valence-corrected chi connectivity index (χ2v) is 6.41. The first-order valence-electron chi connectivity index (χ1n) is 9.08. The highest BCUT2D eigenvalue weighted by molar-refractivity contribution is 5.94. The molecule has 0 unspecified atom stereocenters. The van der Waals surface area contributed by atoms with Gasteiger partial charge in [0.1, 0.15) is 0 Å². The maximum atomic E-state index is 12.8. The van der Waals surface area contributed by atoms with Crippen LogP contribution in [0.5, 0.6) is 11.8 Å². The lowest BCUT2D eigenvalue weighted by atomic mass is 10.1. The summed E-state index contributed by atoms with van der Waals surface area (Å²) < 4.78 is 10.4. The number of nitrogens with zero attached hydrogens (tertiary/aromatic N) is 3. The monoisotopic (exact) mass is 355 g/mol. The largest absolute Gasteiger partial charge is 0.481 e. The molecule has 26 heavy (non-hydrogen) atoms. The molecule has 0 saturated carbocycles. The van der Waals surface area contributed by atoms with Crippen molar-refractivity contribution in [2.45, 2.75) is 32.1 Å². The van der Waals surface area contributed by atoms with Gasteiger partial charge in [-0.1, -0.05) is 31.4 Å². The van der Waals surface area contributed by atoms with Crippen molar-refractivity contribution in [1.82, 2.24) is 14.9 Å². The Balaban J connectivity index is 1.78. The molecule has 1 aliphatic heterocycles. The number of amides is 1. The first-order valence-corrected chi connectivity index (χ1v) is 9.08. The predicted octanol–water partition coefficient (Wildman–Crippen LogP) is 3.57. The molecule has 0 bridgehead atoms. The van der Waals surface area contributed by atoms with Gasteiger partial charge in [0.15, 0.2) is 5.82 Å². The summed E-state index contributed by atoms with van der Waals surface area (Å²) >= 11 is 0. The van der Waals surface area contributed by atoms with Gasteiger partial charge in [0.2, 0.25) is 11.8 Å². The highest BCUT2D eigenvalue weighted by atomic mass is 16.5. The van der Waals surface area contributed by atoms with E-state index in [9.17, 15) is 4.79 Å². The zero-order valence-corrected chi connectivity index (χ0v) is 15.4. The fourth-order valence-electron chi connectivity index (χ4n) is 3.14. The number of carbonyl (C=O) groups is 1. The lowest BCUT2D eigenvalue weighted by Gasteiger charge is -2.24. The normalized spacial score (nSPS) is 15.1. The zero-order chi connectivity index (χ0) is 18.4. The van der Waals surface area contributed by atoms with Crippen LogP contribution in [-0.4, -0.2) is 48.1 Å². The summed E-state index contributed by atoms with van der Waals surface area (Å²) in [5.74, 6) is 1.48. The molecule has 2 aromatic rings. The number of likely N-dealkylation sites (tertiary alicyclic amines) is 1. The van der Waals surface area contributed by atoms with Gasteiger partial charge in [-0.15, -0.1) is 0 Å². The fraction of sp³-hybridized carbons (Fsp3) is 0.450. The van der Waals surface area contributed by atoms with Crippen molar-refractivity contribution in [2.24, 2.45) is 0 Å². The number of carbonyl (C=O) groups excluding carboxylic acids is 1. The van der Waals surface area contributed by atoms with E-state index in [1.54, 1.807) is 20.3 Å². The molecule has 1 aliphatic rings. The summed E-state index contributed by atoms with van der Waals surface area (Å²) in [6.07, 6.45) is 5.86. The summed E-state index contributed by atoms with van der Waals surface area (Å²) in [5.41, 5.74) is 1.51. The number of hydrogen-bond donors (Lipinski definition) is 0.